The van der Waals surface area contributed by atoms with Crippen molar-refractivity contribution in [3.05, 3.63) is 12.2 Å². The summed E-state index contributed by atoms with van der Waals surface area (Å²) in [4.78, 5) is 37.9. The van der Waals surface area contributed by atoms with Crippen LogP contribution < -0.4 is 0 Å². The summed E-state index contributed by atoms with van der Waals surface area (Å²) >= 11 is 6.71. The Balaban J connectivity index is 1.85. The summed E-state index contributed by atoms with van der Waals surface area (Å²) in [7, 11) is -2.08. The lowest BCUT2D eigenvalue weighted by Crippen LogP contribution is -2.63. The maximum Gasteiger partial charge on any atom is 0.311 e. The number of ether oxygens (including phenoxy) is 2. The molecule has 0 aromatic rings. The Labute approximate surface area is 251 Å². The average Bonchev–Trinajstić information content (AvgIpc) is 2.84. The van der Waals surface area contributed by atoms with E-state index in [1.807, 2.05) is 19.9 Å². The first-order valence-corrected chi connectivity index (χ1v) is 18.4. The topological polar surface area (TPSA) is 119 Å². The van der Waals surface area contributed by atoms with Gasteiger partial charge in [-0.05, 0) is 69.5 Å². The van der Waals surface area contributed by atoms with Crippen LogP contribution >= 0.6 is 11.6 Å². The van der Waals surface area contributed by atoms with Gasteiger partial charge in [-0.3, -0.25) is 14.4 Å². The van der Waals surface area contributed by atoms with Crippen LogP contribution in [0.15, 0.2) is 12.2 Å². The Kier molecular flexibility index (Phi) is 10.2. The fourth-order valence-electron chi connectivity index (χ4n) is 6.23. The van der Waals surface area contributed by atoms with E-state index in [2.05, 4.69) is 33.9 Å². The van der Waals surface area contributed by atoms with Gasteiger partial charge in [0, 0.05) is 12.3 Å². The molecule has 2 aliphatic carbocycles. The molecule has 9 atom stereocenters. The van der Waals surface area contributed by atoms with Crippen LogP contribution in [0.1, 0.15) is 87.0 Å². The van der Waals surface area contributed by atoms with Crippen LogP contribution in [0, 0.1) is 29.1 Å². The SMILES string of the molecule is CCC(C)(C)C(=O)O[C@H]1C[C@@H](C(=O)O)[C@H](Cl)[C@]2(O)C=C[C@H](C)[C@H](CC[C@@H]3C[C@@H](O[Si](C)(C)C(C)(C)C)CC(=O)O3)[C@@H]12. The van der Waals surface area contributed by atoms with Gasteiger partial charge in [-0.1, -0.05) is 46.8 Å². The zero-order valence-corrected chi connectivity index (χ0v) is 28.0. The lowest BCUT2D eigenvalue weighted by atomic mass is 9.57. The first-order chi connectivity index (χ1) is 18.7. The van der Waals surface area contributed by atoms with Gasteiger partial charge in [-0.15, -0.1) is 11.6 Å². The largest absolute Gasteiger partial charge is 0.481 e. The summed E-state index contributed by atoms with van der Waals surface area (Å²) in [6, 6.07) is 0. The van der Waals surface area contributed by atoms with E-state index in [0.29, 0.717) is 25.7 Å². The minimum atomic E-state index is -2.08. The highest BCUT2D eigenvalue weighted by Crippen LogP contribution is 2.52. The van der Waals surface area contributed by atoms with E-state index < -0.39 is 54.6 Å². The van der Waals surface area contributed by atoms with Crippen molar-refractivity contribution in [3.63, 3.8) is 0 Å². The van der Waals surface area contributed by atoms with Crippen LogP contribution in [0.4, 0.5) is 0 Å². The number of hydrogen-bond donors (Lipinski definition) is 2. The fraction of sp³-hybridized carbons (Fsp3) is 0.839. The zero-order chi connectivity index (χ0) is 31.1. The number of aliphatic hydroxyl groups is 1. The minimum absolute atomic E-state index is 0.00415. The second kappa shape index (κ2) is 12.3. The highest BCUT2D eigenvalue weighted by atomic mass is 35.5. The van der Waals surface area contributed by atoms with Crippen LogP contribution in [0.5, 0.6) is 0 Å². The number of hydrogen-bond acceptors (Lipinski definition) is 7. The predicted octanol–water partition coefficient (Wildman–Crippen LogP) is 6.09. The normalized spacial score (nSPS) is 36.3. The van der Waals surface area contributed by atoms with Crippen molar-refractivity contribution in [1.82, 2.24) is 0 Å². The van der Waals surface area contributed by atoms with Crippen molar-refractivity contribution in [3.8, 4) is 0 Å². The highest BCUT2D eigenvalue weighted by molar-refractivity contribution is 6.74. The number of carbonyl (C=O) groups is 3. The summed E-state index contributed by atoms with van der Waals surface area (Å²) < 4.78 is 18.4. The molecule has 0 aromatic heterocycles. The second-order valence-corrected chi connectivity index (χ2v) is 19.9. The molecule has 1 saturated heterocycles. The van der Waals surface area contributed by atoms with Crippen molar-refractivity contribution >= 4 is 37.8 Å². The molecule has 234 valence electrons. The summed E-state index contributed by atoms with van der Waals surface area (Å²) in [5, 5.41) is 20.8. The van der Waals surface area contributed by atoms with Crippen molar-refractivity contribution < 1.29 is 38.5 Å². The van der Waals surface area contributed by atoms with E-state index in [-0.39, 0.29) is 47.9 Å². The molecule has 0 unspecified atom stereocenters. The molecular formula is C31H51ClO8Si. The number of halogens is 1. The molecule has 1 aliphatic heterocycles. The lowest BCUT2D eigenvalue weighted by molar-refractivity contribution is -0.187. The third kappa shape index (κ3) is 7.22. The Bertz CT molecular complexity index is 1020. The number of allylic oxidation sites excluding steroid dienone is 1. The van der Waals surface area contributed by atoms with E-state index in [1.54, 1.807) is 19.9 Å². The van der Waals surface area contributed by atoms with Gasteiger partial charge in [-0.2, -0.15) is 0 Å². The van der Waals surface area contributed by atoms with Gasteiger partial charge >= 0.3 is 17.9 Å². The van der Waals surface area contributed by atoms with Gasteiger partial charge in [0.1, 0.15) is 17.8 Å². The van der Waals surface area contributed by atoms with E-state index in [9.17, 15) is 24.6 Å². The molecule has 0 bridgehead atoms. The van der Waals surface area contributed by atoms with Crippen molar-refractivity contribution in [2.75, 3.05) is 0 Å². The number of carboxylic acid groups (broad SMARTS) is 1. The molecule has 3 rings (SSSR count). The van der Waals surface area contributed by atoms with Crippen LogP contribution in [-0.4, -0.2) is 65.7 Å². The fourth-order valence-corrected chi connectivity index (χ4v) is 8.03. The van der Waals surface area contributed by atoms with Gasteiger partial charge in [0.15, 0.2) is 8.32 Å². The number of aliphatic carboxylic acids is 1. The number of esters is 2. The van der Waals surface area contributed by atoms with E-state index in [4.69, 9.17) is 25.5 Å². The molecule has 0 aromatic carbocycles. The molecule has 3 aliphatic rings. The van der Waals surface area contributed by atoms with Gasteiger partial charge < -0.3 is 24.1 Å². The third-order valence-corrected chi connectivity index (χ3v) is 15.5. The Morgan fingerprint density at radius 1 is 1.17 bits per heavy atom. The van der Waals surface area contributed by atoms with Gasteiger partial charge in [0.25, 0.3) is 0 Å². The molecular weight excluding hydrogens is 564 g/mol. The van der Waals surface area contributed by atoms with Crippen molar-refractivity contribution in [2.45, 2.75) is 134 Å². The Morgan fingerprint density at radius 2 is 1.80 bits per heavy atom. The first kappa shape index (κ1) is 34.1. The third-order valence-electron chi connectivity index (χ3n) is 10.3. The lowest BCUT2D eigenvalue weighted by Gasteiger charge is -2.54. The minimum Gasteiger partial charge on any atom is -0.481 e. The molecule has 1 heterocycles. The number of alkyl halides is 1. The van der Waals surface area contributed by atoms with E-state index in [1.165, 1.54) is 0 Å². The van der Waals surface area contributed by atoms with Crippen molar-refractivity contribution in [2.24, 2.45) is 29.1 Å². The first-order valence-electron chi connectivity index (χ1n) is 15.1. The van der Waals surface area contributed by atoms with Gasteiger partial charge in [0.05, 0.1) is 29.2 Å². The predicted molar refractivity (Wildman–Crippen MR) is 160 cm³/mol. The van der Waals surface area contributed by atoms with Crippen LogP contribution in [0.3, 0.4) is 0 Å². The van der Waals surface area contributed by atoms with Crippen LogP contribution in [0.2, 0.25) is 18.1 Å². The molecule has 0 radical (unpaired) electrons. The molecule has 0 spiro atoms. The molecule has 1 saturated carbocycles. The van der Waals surface area contributed by atoms with E-state index >= 15 is 0 Å². The number of carbonyl (C=O) groups excluding carboxylic acids is 2. The van der Waals surface area contributed by atoms with Crippen molar-refractivity contribution in [1.29, 1.82) is 0 Å². The van der Waals surface area contributed by atoms with Gasteiger partial charge in [0.2, 0.25) is 0 Å². The highest BCUT2D eigenvalue weighted by Gasteiger charge is 2.60. The smallest absolute Gasteiger partial charge is 0.311 e. The number of carboxylic acids is 1. The monoisotopic (exact) mass is 614 g/mol. The van der Waals surface area contributed by atoms with Crippen LogP contribution in [0.25, 0.3) is 0 Å². The molecule has 2 fully saturated rings. The Hall–Kier alpha value is -1.42. The maximum absolute atomic E-state index is 13.2. The molecule has 0 amide bonds. The molecule has 2 N–H and O–H groups in total. The summed E-state index contributed by atoms with van der Waals surface area (Å²) in [5.74, 6) is -3.67. The molecule has 41 heavy (non-hydrogen) atoms. The van der Waals surface area contributed by atoms with E-state index in [0.717, 1.165) is 0 Å². The summed E-state index contributed by atoms with van der Waals surface area (Å²) in [6.45, 7) is 18.4. The summed E-state index contributed by atoms with van der Waals surface area (Å²) in [6.07, 6.45) is 4.69. The van der Waals surface area contributed by atoms with Crippen LogP contribution in [-0.2, 0) is 28.3 Å². The maximum atomic E-state index is 13.2. The number of rotatable bonds is 9. The Morgan fingerprint density at radius 3 is 2.37 bits per heavy atom. The zero-order valence-electron chi connectivity index (χ0n) is 26.2. The molecule has 10 heteroatoms. The quantitative estimate of drug-likeness (QED) is 0.139. The summed E-state index contributed by atoms with van der Waals surface area (Å²) in [5.41, 5.74) is -2.42. The molecule has 8 nitrogen and oxygen atoms in total. The average molecular weight is 615 g/mol. The standard InChI is InChI=1S/C31H51ClO8Si/c1-10-30(6,7)28(36)39-23-17-22(27(34)35)26(32)31(37)14-13-18(2)21(25(23)31)12-11-19-15-20(16-24(33)38-19)40-41(8,9)29(3,4)5/h13-14,18-23,25-26,37H,10-12,15-17H2,1-9H3,(H,34,35)/t18-,19+,20+,21-,22+,23-,25-,26-,31-/m0/s1. The number of fused-ring (bicyclic) bond motifs is 1. The second-order valence-electron chi connectivity index (χ2n) is 14.7. The number of cyclic esters (lactones) is 1. The van der Waals surface area contributed by atoms with Gasteiger partial charge in [-0.25, -0.2) is 0 Å².